The van der Waals surface area contributed by atoms with Crippen LogP contribution >= 0.6 is 11.8 Å². The lowest BCUT2D eigenvalue weighted by molar-refractivity contribution is -0.385. The normalized spacial score (nSPS) is 12.6. The zero-order valence-corrected chi connectivity index (χ0v) is 23.4. The summed E-state index contributed by atoms with van der Waals surface area (Å²) in [5.74, 6) is -1.46. The van der Waals surface area contributed by atoms with E-state index in [0.29, 0.717) is 28.1 Å². The zero-order chi connectivity index (χ0) is 30.3. The number of para-hydroxylation sites is 1. The standard InChI is InChI=1S/C32H24N4O6S/c37-29(21-9-2-1-3-10-21)34-27(19-22-11-4-7-16-28(22)36(41)42)30(38)33-23-12-8-13-24(20-23)43-18-17-35-31(39)25-14-5-6-15-26(25)32(35)40/h1-16,19-20H,17-18H2,(H,33,38)(H,34,37)/b27-19+. The van der Waals surface area contributed by atoms with E-state index in [1.807, 2.05) is 6.07 Å². The Kier molecular flexibility index (Phi) is 8.73. The number of carbonyl (C=O) groups is 4. The lowest BCUT2D eigenvalue weighted by atomic mass is 10.1. The second kappa shape index (κ2) is 13.0. The van der Waals surface area contributed by atoms with Gasteiger partial charge in [0.2, 0.25) is 0 Å². The first-order valence-corrected chi connectivity index (χ1v) is 14.1. The molecule has 0 saturated carbocycles. The first-order chi connectivity index (χ1) is 20.8. The number of amides is 4. The topological polar surface area (TPSA) is 139 Å². The van der Waals surface area contributed by atoms with Gasteiger partial charge in [-0.25, -0.2) is 0 Å². The molecule has 4 aromatic carbocycles. The van der Waals surface area contributed by atoms with E-state index in [4.69, 9.17) is 0 Å². The molecule has 10 nitrogen and oxygen atoms in total. The van der Waals surface area contributed by atoms with Gasteiger partial charge in [-0.2, -0.15) is 0 Å². The lowest BCUT2D eigenvalue weighted by Crippen LogP contribution is -2.31. The summed E-state index contributed by atoms with van der Waals surface area (Å²) in [4.78, 5) is 64.5. The molecule has 0 radical (unpaired) electrons. The van der Waals surface area contributed by atoms with E-state index in [1.165, 1.54) is 40.9 Å². The summed E-state index contributed by atoms with van der Waals surface area (Å²) in [6.07, 6.45) is 1.26. The van der Waals surface area contributed by atoms with Crippen molar-refractivity contribution in [2.75, 3.05) is 17.6 Å². The van der Waals surface area contributed by atoms with Gasteiger partial charge in [-0.1, -0.05) is 48.5 Å². The third-order valence-corrected chi connectivity index (χ3v) is 7.49. The van der Waals surface area contributed by atoms with Crippen molar-refractivity contribution in [2.45, 2.75) is 4.90 Å². The van der Waals surface area contributed by atoms with Gasteiger partial charge in [-0.15, -0.1) is 11.8 Å². The van der Waals surface area contributed by atoms with Gasteiger partial charge in [0.15, 0.2) is 0 Å². The average molecular weight is 593 g/mol. The Bertz CT molecular complexity index is 1740. The zero-order valence-electron chi connectivity index (χ0n) is 22.6. The van der Waals surface area contributed by atoms with Crippen molar-refractivity contribution in [3.8, 4) is 0 Å². The molecule has 0 bridgehead atoms. The van der Waals surface area contributed by atoms with Crippen LogP contribution in [0.15, 0.2) is 114 Å². The number of thioether (sulfide) groups is 1. The van der Waals surface area contributed by atoms with E-state index in [1.54, 1.807) is 78.9 Å². The highest BCUT2D eigenvalue weighted by molar-refractivity contribution is 7.99. The van der Waals surface area contributed by atoms with Crippen LogP contribution in [-0.4, -0.2) is 45.7 Å². The monoisotopic (exact) mass is 592 g/mol. The van der Waals surface area contributed by atoms with E-state index < -0.39 is 16.7 Å². The van der Waals surface area contributed by atoms with Gasteiger partial charge in [0.1, 0.15) is 5.70 Å². The second-order valence-electron chi connectivity index (χ2n) is 9.33. The fraction of sp³-hybridized carbons (Fsp3) is 0.0625. The number of nitro groups is 1. The number of benzene rings is 4. The number of nitrogens with one attached hydrogen (secondary N) is 2. The Morgan fingerprint density at radius 2 is 1.49 bits per heavy atom. The molecule has 214 valence electrons. The largest absolute Gasteiger partial charge is 0.321 e. The maximum atomic E-state index is 13.4. The summed E-state index contributed by atoms with van der Waals surface area (Å²) in [6.45, 7) is 0.210. The molecule has 1 heterocycles. The lowest BCUT2D eigenvalue weighted by Gasteiger charge is -2.14. The molecule has 0 fully saturated rings. The molecule has 0 aromatic heterocycles. The maximum absolute atomic E-state index is 13.4. The number of hydrogen-bond acceptors (Lipinski definition) is 7. The Morgan fingerprint density at radius 3 is 2.19 bits per heavy atom. The number of nitrogens with zero attached hydrogens (tertiary/aromatic N) is 2. The smallest absolute Gasteiger partial charge is 0.276 e. The Morgan fingerprint density at radius 1 is 0.837 bits per heavy atom. The molecular weight excluding hydrogens is 568 g/mol. The predicted molar refractivity (Wildman–Crippen MR) is 163 cm³/mol. The van der Waals surface area contributed by atoms with Crippen molar-refractivity contribution in [3.05, 3.63) is 141 Å². The molecule has 5 rings (SSSR count). The second-order valence-corrected chi connectivity index (χ2v) is 10.5. The third-order valence-electron chi connectivity index (χ3n) is 6.52. The van der Waals surface area contributed by atoms with Crippen LogP contribution in [0.2, 0.25) is 0 Å². The minimum absolute atomic E-state index is 0.142. The molecule has 11 heteroatoms. The third kappa shape index (κ3) is 6.68. The molecular formula is C32H24N4O6S. The summed E-state index contributed by atoms with van der Waals surface area (Å²) in [5.41, 5.74) is 1.24. The molecule has 4 aromatic rings. The molecule has 0 aliphatic carbocycles. The molecule has 0 saturated heterocycles. The minimum Gasteiger partial charge on any atom is -0.321 e. The van der Waals surface area contributed by atoms with Gasteiger partial charge in [-0.3, -0.25) is 34.2 Å². The van der Waals surface area contributed by atoms with Crippen molar-refractivity contribution in [3.63, 3.8) is 0 Å². The van der Waals surface area contributed by atoms with E-state index in [-0.39, 0.29) is 35.3 Å². The van der Waals surface area contributed by atoms with E-state index in [9.17, 15) is 29.3 Å². The van der Waals surface area contributed by atoms with Crippen molar-refractivity contribution < 1.29 is 24.1 Å². The molecule has 0 unspecified atom stereocenters. The average Bonchev–Trinajstić information content (AvgIpc) is 3.26. The Labute approximate surface area is 250 Å². The van der Waals surface area contributed by atoms with E-state index in [2.05, 4.69) is 10.6 Å². The summed E-state index contributed by atoms with van der Waals surface area (Å²) >= 11 is 1.40. The van der Waals surface area contributed by atoms with Gasteiger partial charge < -0.3 is 10.6 Å². The summed E-state index contributed by atoms with van der Waals surface area (Å²) in [5, 5.41) is 16.9. The highest BCUT2D eigenvalue weighted by atomic mass is 32.2. The van der Waals surface area contributed by atoms with Gasteiger partial charge in [-0.05, 0) is 54.6 Å². The molecule has 0 atom stereocenters. The van der Waals surface area contributed by atoms with Crippen LogP contribution in [-0.2, 0) is 4.79 Å². The van der Waals surface area contributed by atoms with Crippen molar-refractivity contribution in [1.29, 1.82) is 0 Å². The van der Waals surface area contributed by atoms with Crippen molar-refractivity contribution in [2.24, 2.45) is 0 Å². The minimum atomic E-state index is -0.685. The predicted octanol–water partition coefficient (Wildman–Crippen LogP) is 5.39. The Hall–Kier alpha value is -5.55. The van der Waals surface area contributed by atoms with E-state index >= 15 is 0 Å². The molecule has 4 amide bonds. The van der Waals surface area contributed by atoms with Crippen LogP contribution in [0.3, 0.4) is 0 Å². The number of rotatable bonds is 10. The van der Waals surface area contributed by atoms with Gasteiger partial charge in [0.05, 0.1) is 21.6 Å². The van der Waals surface area contributed by atoms with Crippen molar-refractivity contribution in [1.82, 2.24) is 10.2 Å². The van der Waals surface area contributed by atoms with Crippen LogP contribution in [0.5, 0.6) is 0 Å². The summed E-state index contributed by atoms with van der Waals surface area (Å²) < 4.78 is 0. The van der Waals surface area contributed by atoms with Crippen LogP contribution in [0.1, 0.15) is 36.6 Å². The highest BCUT2D eigenvalue weighted by Gasteiger charge is 2.34. The van der Waals surface area contributed by atoms with Crippen LogP contribution in [0, 0.1) is 10.1 Å². The van der Waals surface area contributed by atoms with Gasteiger partial charge in [0.25, 0.3) is 29.3 Å². The molecule has 1 aliphatic rings. The first kappa shape index (κ1) is 29.0. The number of anilines is 1. The number of hydrogen-bond donors (Lipinski definition) is 2. The summed E-state index contributed by atoms with van der Waals surface area (Å²) in [6, 6.07) is 27.8. The fourth-order valence-electron chi connectivity index (χ4n) is 4.43. The maximum Gasteiger partial charge on any atom is 0.276 e. The quantitative estimate of drug-likeness (QED) is 0.0827. The Balaban J connectivity index is 1.30. The highest BCUT2D eigenvalue weighted by Crippen LogP contribution is 2.26. The fourth-order valence-corrected chi connectivity index (χ4v) is 5.33. The number of fused-ring (bicyclic) bond motifs is 1. The van der Waals surface area contributed by atoms with Gasteiger partial charge >= 0.3 is 0 Å². The number of nitro benzene ring substituents is 1. The van der Waals surface area contributed by atoms with E-state index in [0.717, 1.165) is 4.90 Å². The van der Waals surface area contributed by atoms with Crippen LogP contribution in [0.4, 0.5) is 11.4 Å². The molecule has 0 spiro atoms. The summed E-state index contributed by atoms with van der Waals surface area (Å²) in [7, 11) is 0. The molecule has 1 aliphatic heterocycles. The number of imide groups is 1. The first-order valence-electron chi connectivity index (χ1n) is 13.1. The van der Waals surface area contributed by atoms with Crippen LogP contribution < -0.4 is 10.6 Å². The number of carbonyl (C=O) groups excluding carboxylic acids is 4. The molecule has 2 N–H and O–H groups in total. The van der Waals surface area contributed by atoms with Crippen molar-refractivity contribution >= 4 is 52.8 Å². The van der Waals surface area contributed by atoms with Crippen LogP contribution in [0.25, 0.3) is 6.08 Å². The van der Waals surface area contributed by atoms with Gasteiger partial charge in [0, 0.05) is 34.5 Å². The molecule has 43 heavy (non-hydrogen) atoms. The SMILES string of the molecule is O=C(Nc1cccc(SCCN2C(=O)c3ccccc3C2=O)c1)/C(=C\c1ccccc1[N+](=O)[O-])NC(=O)c1ccccc1.